The van der Waals surface area contributed by atoms with E-state index in [1.807, 2.05) is 0 Å². The summed E-state index contributed by atoms with van der Waals surface area (Å²) in [5, 5.41) is 0.329. The summed E-state index contributed by atoms with van der Waals surface area (Å²) in [6, 6.07) is 4.34. The summed E-state index contributed by atoms with van der Waals surface area (Å²) in [5.74, 6) is -1.23. The molecule has 0 aliphatic rings. The van der Waals surface area contributed by atoms with E-state index >= 15 is 0 Å². The molecule has 0 amide bonds. The summed E-state index contributed by atoms with van der Waals surface area (Å²) in [6.45, 7) is 6.31. The fraction of sp³-hybridized carbons (Fsp3) is 0.278. The monoisotopic (exact) mass is 362 g/mol. The van der Waals surface area contributed by atoms with E-state index in [1.165, 1.54) is 32.0 Å². The smallest absolute Gasteiger partial charge is 0.338 e. The molecule has 1 aromatic heterocycles. The SMILES string of the molecule is CC(=O)c1c(C)[nH]c(C(=O)[C@@H](C)OC(=O)c2ccc(Cl)c(N)c2)c1C. The molecule has 0 saturated carbocycles. The van der Waals surface area contributed by atoms with E-state index in [9.17, 15) is 14.4 Å². The van der Waals surface area contributed by atoms with Gasteiger partial charge in [0, 0.05) is 11.3 Å². The zero-order valence-electron chi connectivity index (χ0n) is 14.4. The van der Waals surface area contributed by atoms with Gasteiger partial charge in [-0.15, -0.1) is 0 Å². The highest BCUT2D eigenvalue weighted by atomic mass is 35.5. The molecule has 7 heteroatoms. The number of aryl methyl sites for hydroxylation is 1. The summed E-state index contributed by atoms with van der Waals surface area (Å²) in [4.78, 5) is 39.3. The van der Waals surface area contributed by atoms with E-state index in [-0.39, 0.29) is 22.7 Å². The van der Waals surface area contributed by atoms with Crippen LogP contribution in [0.15, 0.2) is 18.2 Å². The number of esters is 1. The van der Waals surface area contributed by atoms with E-state index in [1.54, 1.807) is 13.8 Å². The Morgan fingerprint density at radius 1 is 1.24 bits per heavy atom. The maximum absolute atomic E-state index is 12.6. The van der Waals surface area contributed by atoms with Gasteiger partial charge in [-0.05, 0) is 51.5 Å². The maximum Gasteiger partial charge on any atom is 0.338 e. The van der Waals surface area contributed by atoms with Crippen LogP contribution >= 0.6 is 11.6 Å². The van der Waals surface area contributed by atoms with Gasteiger partial charge in [-0.3, -0.25) is 9.59 Å². The molecule has 0 unspecified atom stereocenters. The number of Topliss-reactive ketones (excluding diaryl/α,β-unsaturated/α-hetero) is 2. The van der Waals surface area contributed by atoms with Gasteiger partial charge in [0.15, 0.2) is 11.9 Å². The predicted molar refractivity (Wildman–Crippen MR) is 95.3 cm³/mol. The van der Waals surface area contributed by atoms with Crippen LogP contribution in [-0.2, 0) is 4.74 Å². The first-order valence-corrected chi connectivity index (χ1v) is 8.01. The first-order chi connectivity index (χ1) is 11.6. The molecule has 1 heterocycles. The Bertz CT molecular complexity index is 870. The van der Waals surface area contributed by atoms with Crippen molar-refractivity contribution in [3.63, 3.8) is 0 Å². The number of ketones is 2. The number of hydrogen-bond donors (Lipinski definition) is 2. The molecule has 0 aliphatic heterocycles. The lowest BCUT2D eigenvalue weighted by Gasteiger charge is -2.12. The number of nitrogens with two attached hydrogens (primary N) is 1. The Hall–Kier alpha value is -2.60. The van der Waals surface area contributed by atoms with Crippen molar-refractivity contribution in [1.29, 1.82) is 0 Å². The summed E-state index contributed by atoms with van der Waals surface area (Å²) in [6.07, 6.45) is -1.03. The first-order valence-electron chi connectivity index (χ1n) is 7.63. The van der Waals surface area contributed by atoms with E-state index in [0.29, 0.717) is 21.8 Å². The number of nitrogens with one attached hydrogen (secondary N) is 1. The molecule has 2 rings (SSSR count). The number of aromatic amines is 1. The molecule has 1 atom stereocenters. The lowest BCUT2D eigenvalue weighted by molar-refractivity contribution is 0.0317. The van der Waals surface area contributed by atoms with Gasteiger partial charge >= 0.3 is 5.97 Å². The normalized spacial score (nSPS) is 11.9. The van der Waals surface area contributed by atoms with Gasteiger partial charge in [-0.2, -0.15) is 0 Å². The van der Waals surface area contributed by atoms with Gasteiger partial charge in [0.1, 0.15) is 0 Å². The number of carbonyl (C=O) groups excluding carboxylic acids is 3. The molecule has 0 saturated heterocycles. The third kappa shape index (κ3) is 3.74. The van der Waals surface area contributed by atoms with Crippen molar-refractivity contribution in [1.82, 2.24) is 4.98 Å². The van der Waals surface area contributed by atoms with Crippen LogP contribution in [0.4, 0.5) is 5.69 Å². The topological polar surface area (TPSA) is 102 Å². The average Bonchev–Trinajstić information content (AvgIpc) is 2.83. The Kier molecular flexibility index (Phi) is 5.33. The van der Waals surface area contributed by atoms with Gasteiger partial charge in [-0.25, -0.2) is 4.79 Å². The van der Waals surface area contributed by atoms with Crippen LogP contribution in [0, 0.1) is 13.8 Å². The number of carbonyl (C=O) groups is 3. The summed E-state index contributed by atoms with van der Waals surface area (Å²) >= 11 is 5.82. The van der Waals surface area contributed by atoms with Crippen molar-refractivity contribution in [2.24, 2.45) is 0 Å². The molecule has 0 bridgehead atoms. The number of anilines is 1. The summed E-state index contributed by atoms with van der Waals surface area (Å²) in [7, 11) is 0. The van der Waals surface area contributed by atoms with Crippen molar-refractivity contribution in [3.05, 3.63) is 51.3 Å². The number of nitrogen functional groups attached to an aromatic ring is 1. The van der Waals surface area contributed by atoms with Gasteiger partial charge < -0.3 is 15.5 Å². The number of hydrogen-bond acceptors (Lipinski definition) is 5. The van der Waals surface area contributed by atoms with E-state index < -0.39 is 17.9 Å². The highest BCUT2D eigenvalue weighted by Crippen LogP contribution is 2.22. The molecule has 1 aromatic carbocycles. The summed E-state index contributed by atoms with van der Waals surface area (Å²) < 4.78 is 5.22. The van der Waals surface area contributed by atoms with Gasteiger partial charge in [0.2, 0.25) is 5.78 Å². The largest absolute Gasteiger partial charge is 0.451 e. The van der Waals surface area contributed by atoms with Crippen LogP contribution in [0.5, 0.6) is 0 Å². The number of aromatic nitrogens is 1. The van der Waals surface area contributed by atoms with Gasteiger partial charge in [-0.1, -0.05) is 11.6 Å². The number of benzene rings is 1. The van der Waals surface area contributed by atoms with Crippen LogP contribution in [0.25, 0.3) is 0 Å². The zero-order valence-corrected chi connectivity index (χ0v) is 15.2. The molecule has 0 aliphatic carbocycles. The minimum absolute atomic E-state index is 0.133. The maximum atomic E-state index is 12.6. The third-order valence-corrected chi connectivity index (χ3v) is 4.26. The number of ether oxygens (including phenoxy) is 1. The Labute approximate surface area is 150 Å². The molecule has 0 fully saturated rings. The standard InChI is InChI=1S/C18H19ClN2O4/c1-8-15(10(3)22)9(2)21-16(8)17(23)11(4)25-18(24)12-5-6-13(19)14(20)7-12/h5-7,11,21H,20H2,1-4H3/t11-/m1/s1. The molecule has 0 radical (unpaired) electrons. The third-order valence-electron chi connectivity index (χ3n) is 3.92. The molecule has 25 heavy (non-hydrogen) atoms. The Morgan fingerprint density at radius 3 is 2.40 bits per heavy atom. The lowest BCUT2D eigenvalue weighted by Crippen LogP contribution is -2.25. The molecule has 0 spiro atoms. The molecule has 2 aromatic rings. The number of halogens is 1. The first kappa shape index (κ1) is 18.7. The van der Waals surface area contributed by atoms with Crippen molar-refractivity contribution < 1.29 is 19.1 Å². The van der Waals surface area contributed by atoms with Crippen LogP contribution in [-0.4, -0.2) is 28.6 Å². The summed E-state index contributed by atoms with van der Waals surface area (Å²) in [5.41, 5.74) is 8.01. The minimum Gasteiger partial charge on any atom is -0.451 e. The average molecular weight is 363 g/mol. The van der Waals surface area contributed by atoms with Crippen molar-refractivity contribution in [3.8, 4) is 0 Å². The second-order valence-electron chi connectivity index (χ2n) is 5.83. The molecular formula is C18H19ClN2O4. The quantitative estimate of drug-likeness (QED) is 0.481. The predicted octanol–water partition coefficient (Wildman–Crippen LogP) is 3.50. The van der Waals surface area contributed by atoms with Crippen LogP contribution in [0.2, 0.25) is 5.02 Å². The second-order valence-corrected chi connectivity index (χ2v) is 6.24. The second kappa shape index (κ2) is 7.11. The fourth-order valence-electron chi connectivity index (χ4n) is 2.68. The number of H-pyrrole nitrogens is 1. The van der Waals surface area contributed by atoms with Crippen LogP contribution in [0.1, 0.15) is 56.3 Å². The molecular weight excluding hydrogens is 344 g/mol. The van der Waals surface area contributed by atoms with Crippen LogP contribution in [0.3, 0.4) is 0 Å². The highest BCUT2D eigenvalue weighted by molar-refractivity contribution is 6.33. The lowest BCUT2D eigenvalue weighted by atomic mass is 10.0. The van der Waals surface area contributed by atoms with E-state index in [4.69, 9.17) is 22.1 Å². The molecule has 132 valence electrons. The molecule has 3 N–H and O–H groups in total. The highest BCUT2D eigenvalue weighted by Gasteiger charge is 2.26. The Balaban J connectivity index is 2.20. The van der Waals surface area contributed by atoms with Crippen molar-refractivity contribution in [2.75, 3.05) is 5.73 Å². The minimum atomic E-state index is -1.03. The Morgan fingerprint density at radius 2 is 1.88 bits per heavy atom. The molecule has 6 nitrogen and oxygen atoms in total. The van der Waals surface area contributed by atoms with Gasteiger partial charge in [0.05, 0.1) is 22.0 Å². The van der Waals surface area contributed by atoms with E-state index in [2.05, 4.69) is 4.98 Å². The zero-order chi connectivity index (χ0) is 18.9. The number of rotatable bonds is 5. The fourth-order valence-corrected chi connectivity index (χ4v) is 2.80. The van der Waals surface area contributed by atoms with Crippen molar-refractivity contribution >= 4 is 34.8 Å². The van der Waals surface area contributed by atoms with E-state index in [0.717, 1.165) is 0 Å². The van der Waals surface area contributed by atoms with Gasteiger partial charge in [0.25, 0.3) is 0 Å². The van der Waals surface area contributed by atoms with Crippen molar-refractivity contribution in [2.45, 2.75) is 33.8 Å². The van der Waals surface area contributed by atoms with Crippen LogP contribution < -0.4 is 5.73 Å².